The molecule has 4 atom stereocenters. The zero-order valence-corrected chi connectivity index (χ0v) is 16.2. The van der Waals surface area contributed by atoms with Crippen LogP contribution in [-0.4, -0.2) is 88.7 Å². The van der Waals surface area contributed by atoms with Crippen molar-refractivity contribution in [2.45, 2.75) is 43.4 Å². The minimum absolute atomic E-state index is 0.110. The number of unbranched alkanes of at least 4 members (excludes halogenated alkanes) is 1. The second-order valence-electron chi connectivity index (χ2n) is 5.96. The number of hydrogen-bond donors (Lipinski definition) is 9. The maximum absolute atomic E-state index is 12.3. The maximum Gasteiger partial charge on any atom is 0.328 e. The summed E-state index contributed by atoms with van der Waals surface area (Å²) in [4.78, 5) is 47.1. The molecule has 162 valence electrons. The number of aliphatic carboxylic acids is 1. The number of aliphatic hydroxyl groups is 2. The molecule has 0 bridgehead atoms. The zero-order valence-electron chi connectivity index (χ0n) is 15.3. The molecule has 0 radical (unpaired) electrons. The van der Waals surface area contributed by atoms with E-state index >= 15 is 0 Å². The topological polar surface area (TPSA) is 217 Å². The van der Waals surface area contributed by atoms with E-state index in [0.29, 0.717) is 25.8 Å². The highest BCUT2D eigenvalue weighted by Crippen LogP contribution is 2.00. The Morgan fingerprint density at radius 3 is 1.82 bits per heavy atom. The summed E-state index contributed by atoms with van der Waals surface area (Å²) in [7, 11) is 0. The Labute approximate surface area is 167 Å². The van der Waals surface area contributed by atoms with E-state index in [4.69, 9.17) is 21.7 Å². The molecule has 0 aliphatic carbocycles. The SMILES string of the molecule is NCCCCC(N)C(=O)NC(CS)C(=O)NC(CO)C(=O)NC(CO)C(=O)O. The van der Waals surface area contributed by atoms with Gasteiger partial charge in [-0.05, 0) is 19.4 Å². The molecule has 0 aliphatic heterocycles. The van der Waals surface area contributed by atoms with Crippen molar-refractivity contribution in [1.82, 2.24) is 16.0 Å². The Kier molecular flexibility index (Phi) is 13.1. The van der Waals surface area contributed by atoms with E-state index in [-0.39, 0.29) is 5.75 Å². The van der Waals surface area contributed by atoms with Gasteiger partial charge in [-0.25, -0.2) is 4.79 Å². The van der Waals surface area contributed by atoms with Crippen LogP contribution in [0.5, 0.6) is 0 Å². The molecule has 12 nitrogen and oxygen atoms in total. The molecule has 0 aromatic carbocycles. The van der Waals surface area contributed by atoms with Crippen LogP contribution in [0.25, 0.3) is 0 Å². The van der Waals surface area contributed by atoms with E-state index in [1.165, 1.54) is 0 Å². The summed E-state index contributed by atoms with van der Waals surface area (Å²) in [6.45, 7) is -1.23. The van der Waals surface area contributed by atoms with Crippen LogP contribution in [0.15, 0.2) is 0 Å². The molecule has 13 heteroatoms. The lowest BCUT2D eigenvalue weighted by atomic mass is 10.1. The highest BCUT2D eigenvalue weighted by atomic mass is 32.1. The lowest BCUT2D eigenvalue weighted by Gasteiger charge is -2.23. The molecule has 10 N–H and O–H groups in total. The lowest BCUT2D eigenvalue weighted by Crippen LogP contribution is -2.58. The monoisotopic (exact) mass is 423 g/mol. The molecular weight excluding hydrogens is 394 g/mol. The summed E-state index contributed by atoms with van der Waals surface area (Å²) in [6.07, 6.45) is 1.73. The van der Waals surface area contributed by atoms with Gasteiger partial charge in [0, 0.05) is 5.75 Å². The van der Waals surface area contributed by atoms with E-state index in [1.807, 2.05) is 5.32 Å². The molecule has 0 spiro atoms. The van der Waals surface area contributed by atoms with Gasteiger partial charge in [0.25, 0.3) is 0 Å². The van der Waals surface area contributed by atoms with Crippen LogP contribution in [0, 0.1) is 0 Å². The van der Waals surface area contributed by atoms with Gasteiger partial charge in [0.1, 0.15) is 18.1 Å². The minimum Gasteiger partial charge on any atom is -0.480 e. The first-order valence-corrected chi connectivity index (χ1v) is 9.27. The van der Waals surface area contributed by atoms with Crippen molar-refractivity contribution in [1.29, 1.82) is 0 Å². The van der Waals surface area contributed by atoms with Gasteiger partial charge >= 0.3 is 5.97 Å². The molecular formula is C15H29N5O7S. The third-order valence-electron chi connectivity index (χ3n) is 3.73. The second kappa shape index (κ2) is 14.1. The summed E-state index contributed by atoms with van der Waals surface area (Å²) >= 11 is 3.98. The van der Waals surface area contributed by atoms with Gasteiger partial charge in [-0.2, -0.15) is 12.6 Å². The summed E-state index contributed by atoms with van der Waals surface area (Å²) in [5, 5.41) is 33.6. The highest BCUT2D eigenvalue weighted by Gasteiger charge is 2.29. The van der Waals surface area contributed by atoms with Crippen molar-refractivity contribution < 1.29 is 34.5 Å². The molecule has 0 aromatic heterocycles. The molecule has 4 unspecified atom stereocenters. The fourth-order valence-electron chi connectivity index (χ4n) is 2.04. The zero-order chi connectivity index (χ0) is 21.7. The number of nitrogens with two attached hydrogens (primary N) is 2. The largest absolute Gasteiger partial charge is 0.480 e. The van der Waals surface area contributed by atoms with Crippen molar-refractivity contribution in [3.8, 4) is 0 Å². The van der Waals surface area contributed by atoms with Crippen LogP contribution in [0.3, 0.4) is 0 Å². The number of amides is 3. The Balaban J connectivity index is 4.80. The van der Waals surface area contributed by atoms with Crippen LogP contribution in [0.1, 0.15) is 19.3 Å². The first kappa shape index (κ1) is 26.1. The van der Waals surface area contributed by atoms with Gasteiger partial charge in [-0.3, -0.25) is 14.4 Å². The van der Waals surface area contributed by atoms with Crippen molar-refractivity contribution in [2.75, 3.05) is 25.5 Å². The Hall–Kier alpha value is -1.93. The van der Waals surface area contributed by atoms with Gasteiger partial charge in [0.15, 0.2) is 0 Å². The lowest BCUT2D eigenvalue weighted by molar-refractivity contribution is -0.143. The highest BCUT2D eigenvalue weighted by molar-refractivity contribution is 7.80. The molecule has 3 amide bonds. The molecule has 0 aromatic rings. The number of thiol groups is 1. The average molecular weight is 423 g/mol. The van der Waals surface area contributed by atoms with Gasteiger partial charge in [0.2, 0.25) is 17.7 Å². The van der Waals surface area contributed by atoms with Gasteiger partial charge in [-0.1, -0.05) is 6.42 Å². The average Bonchev–Trinajstić information content (AvgIpc) is 2.67. The fraction of sp³-hybridized carbons (Fsp3) is 0.733. The van der Waals surface area contributed by atoms with E-state index in [0.717, 1.165) is 0 Å². The number of aliphatic hydroxyl groups excluding tert-OH is 2. The van der Waals surface area contributed by atoms with Crippen molar-refractivity contribution >= 4 is 36.3 Å². The summed E-state index contributed by atoms with van der Waals surface area (Å²) in [6, 6.07) is -5.06. The molecule has 0 saturated carbocycles. The van der Waals surface area contributed by atoms with Crippen molar-refractivity contribution in [2.24, 2.45) is 11.5 Å². The molecule has 28 heavy (non-hydrogen) atoms. The standard InChI is InChI=1S/C15H29N5O7S/c16-4-2-1-3-8(17)12(23)20-11(7-28)14(25)18-9(5-21)13(24)19-10(6-22)15(26)27/h8-11,21-22,28H,1-7,16-17H2,(H,18,25)(H,19,24)(H,20,23)(H,26,27). The van der Waals surface area contributed by atoms with Gasteiger partial charge in [0.05, 0.1) is 19.3 Å². The summed E-state index contributed by atoms with van der Waals surface area (Å²) in [5.41, 5.74) is 11.1. The van der Waals surface area contributed by atoms with Crippen LogP contribution in [-0.2, 0) is 19.2 Å². The fourth-order valence-corrected chi connectivity index (χ4v) is 2.29. The third-order valence-corrected chi connectivity index (χ3v) is 4.10. The molecule has 0 saturated heterocycles. The first-order valence-electron chi connectivity index (χ1n) is 8.63. The van der Waals surface area contributed by atoms with Crippen LogP contribution < -0.4 is 27.4 Å². The number of carbonyl (C=O) groups is 4. The Morgan fingerprint density at radius 2 is 1.36 bits per heavy atom. The number of carbonyl (C=O) groups excluding carboxylic acids is 3. The number of rotatable bonds is 14. The van der Waals surface area contributed by atoms with E-state index in [2.05, 4.69) is 23.3 Å². The van der Waals surface area contributed by atoms with E-state index in [9.17, 15) is 24.3 Å². The van der Waals surface area contributed by atoms with Crippen molar-refractivity contribution in [3.05, 3.63) is 0 Å². The van der Waals surface area contributed by atoms with E-state index < -0.39 is 61.1 Å². The van der Waals surface area contributed by atoms with E-state index in [1.54, 1.807) is 0 Å². The summed E-state index contributed by atoms with van der Waals surface area (Å²) < 4.78 is 0. The van der Waals surface area contributed by atoms with Crippen LogP contribution in [0.2, 0.25) is 0 Å². The quantitative estimate of drug-likeness (QED) is 0.0978. The molecule has 0 rings (SSSR count). The Bertz CT molecular complexity index is 537. The first-order chi connectivity index (χ1) is 13.2. The number of carboxylic acid groups (broad SMARTS) is 1. The predicted molar refractivity (Wildman–Crippen MR) is 102 cm³/mol. The summed E-state index contributed by atoms with van der Waals surface area (Å²) in [5.74, 6) is -4.01. The Morgan fingerprint density at radius 1 is 0.857 bits per heavy atom. The minimum atomic E-state index is -1.59. The van der Waals surface area contributed by atoms with Crippen molar-refractivity contribution in [3.63, 3.8) is 0 Å². The third kappa shape index (κ3) is 9.32. The number of hydrogen-bond acceptors (Lipinski definition) is 9. The molecule has 0 heterocycles. The van der Waals surface area contributed by atoms with Crippen LogP contribution in [0.4, 0.5) is 0 Å². The van der Waals surface area contributed by atoms with Crippen LogP contribution >= 0.6 is 12.6 Å². The molecule has 0 aliphatic rings. The maximum atomic E-state index is 12.3. The number of nitrogens with one attached hydrogen (secondary N) is 3. The molecule has 0 fully saturated rings. The second-order valence-corrected chi connectivity index (χ2v) is 6.33. The smallest absolute Gasteiger partial charge is 0.328 e. The van der Waals surface area contributed by atoms with Gasteiger partial charge < -0.3 is 42.7 Å². The predicted octanol–water partition coefficient (Wildman–Crippen LogP) is -4.10. The normalized spacial score (nSPS) is 15.0. The number of carboxylic acids is 1. The van der Waals surface area contributed by atoms with Gasteiger partial charge in [-0.15, -0.1) is 0 Å².